The van der Waals surface area contributed by atoms with Crippen LogP contribution in [-0.4, -0.2) is 27.2 Å². The topological polar surface area (TPSA) is 76.5 Å². The van der Waals surface area contributed by atoms with Crippen molar-refractivity contribution in [3.05, 3.63) is 58.6 Å². The van der Waals surface area contributed by atoms with Crippen LogP contribution in [0.15, 0.2) is 52.5 Å². The van der Waals surface area contributed by atoms with Crippen LogP contribution in [0.2, 0.25) is 0 Å². The van der Waals surface area contributed by atoms with Gasteiger partial charge in [0.1, 0.15) is 0 Å². The standard InChI is InChI=1S/C18H19BrN4O2/c1-17(2,15-6-4-5-7-21-15)22-16(24)18(3)9-14(23-25-18)12-8-13(19)11-20-10-12/h4-8,10-11H,9H2,1-3H3,(H,22,24). The third-order valence-electron chi connectivity index (χ3n) is 4.11. The highest BCUT2D eigenvalue weighted by Gasteiger charge is 2.44. The Labute approximate surface area is 154 Å². The largest absolute Gasteiger partial charge is 0.379 e. The molecule has 2 aromatic rings. The van der Waals surface area contributed by atoms with Gasteiger partial charge in [0.25, 0.3) is 5.91 Å². The highest BCUT2D eigenvalue weighted by Crippen LogP contribution is 2.29. The van der Waals surface area contributed by atoms with Crippen molar-refractivity contribution >= 4 is 27.5 Å². The minimum atomic E-state index is -1.07. The van der Waals surface area contributed by atoms with Gasteiger partial charge in [-0.2, -0.15) is 0 Å². The zero-order chi connectivity index (χ0) is 18.1. The van der Waals surface area contributed by atoms with E-state index in [2.05, 4.69) is 36.4 Å². The minimum Gasteiger partial charge on any atom is -0.379 e. The first-order valence-electron chi connectivity index (χ1n) is 7.90. The molecule has 1 N–H and O–H groups in total. The lowest BCUT2D eigenvalue weighted by molar-refractivity contribution is -0.143. The summed E-state index contributed by atoms with van der Waals surface area (Å²) in [5.41, 5.74) is 0.619. The fourth-order valence-corrected chi connectivity index (χ4v) is 2.96. The number of rotatable bonds is 4. The number of hydrogen-bond acceptors (Lipinski definition) is 5. The van der Waals surface area contributed by atoms with E-state index < -0.39 is 11.1 Å². The summed E-state index contributed by atoms with van der Waals surface area (Å²) < 4.78 is 0.849. The van der Waals surface area contributed by atoms with Gasteiger partial charge < -0.3 is 10.2 Å². The molecule has 1 amide bonds. The summed E-state index contributed by atoms with van der Waals surface area (Å²) in [6.45, 7) is 5.55. The number of carbonyl (C=O) groups is 1. The summed E-state index contributed by atoms with van der Waals surface area (Å²) in [6, 6.07) is 7.52. The van der Waals surface area contributed by atoms with E-state index in [1.807, 2.05) is 38.1 Å². The van der Waals surface area contributed by atoms with E-state index in [-0.39, 0.29) is 5.91 Å². The molecule has 0 aromatic carbocycles. The molecule has 0 radical (unpaired) electrons. The molecule has 1 unspecified atom stereocenters. The number of amides is 1. The fourth-order valence-electron chi connectivity index (χ4n) is 2.60. The number of halogens is 1. The van der Waals surface area contributed by atoms with Crippen LogP contribution < -0.4 is 5.32 Å². The third kappa shape index (κ3) is 3.71. The van der Waals surface area contributed by atoms with Gasteiger partial charge in [0.2, 0.25) is 5.60 Å². The van der Waals surface area contributed by atoms with Gasteiger partial charge in [0.15, 0.2) is 0 Å². The Hall–Kier alpha value is -2.28. The summed E-state index contributed by atoms with van der Waals surface area (Å²) in [4.78, 5) is 26.8. The molecule has 0 saturated heterocycles. The van der Waals surface area contributed by atoms with E-state index in [1.165, 1.54) is 0 Å². The van der Waals surface area contributed by atoms with Gasteiger partial charge in [-0.3, -0.25) is 14.8 Å². The number of pyridine rings is 2. The molecule has 25 heavy (non-hydrogen) atoms. The van der Waals surface area contributed by atoms with Crippen molar-refractivity contribution in [2.75, 3.05) is 0 Å². The molecular weight excluding hydrogens is 384 g/mol. The summed E-state index contributed by atoms with van der Waals surface area (Å²) in [7, 11) is 0. The monoisotopic (exact) mass is 402 g/mol. The fraction of sp³-hybridized carbons (Fsp3) is 0.333. The van der Waals surface area contributed by atoms with Crippen LogP contribution in [0, 0.1) is 0 Å². The molecule has 3 heterocycles. The molecule has 0 fully saturated rings. The van der Waals surface area contributed by atoms with E-state index in [0.717, 1.165) is 15.7 Å². The summed E-state index contributed by atoms with van der Waals surface area (Å²) in [5, 5.41) is 7.12. The van der Waals surface area contributed by atoms with E-state index in [1.54, 1.807) is 25.5 Å². The first-order chi connectivity index (χ1) is 11.8. The van der Waals surface area contributed by atoms with Crippen LogP contribution in [0.25, 0.3) is 0 Å². The van der Waals surface area contributed by atoms with Gasteiger partial charge >= 0.3 is 0 Å². The number of oxime groups is 1. The van der Waals surface area contributed by atoms with Crippen LogP contribution >= 0.6 is 15.9 Å². The van der Waals surface area contributed by atoms with Crippen molar-refractivity contribution < 1.29 is 9.63 Å². The van der Waals surface area contributed by atoms with E-state index in [4.69, 9.17) is 4.84 Å². The number of aromatic nitrogens is 2. The Kier molecular flexibility index (Phi) is 4.60. The second-order valence-electron chi connectivity index (χ2n) is 6.72. The van der Waals surface area contributed by atoms with Gasteiger partial charge in [-0.25, -0.2) is 0 Å². The molecule has 0 bridgehead atoms. The highest BCUT2D eigenvalue weighted by molar-refractivity contribution is 9.10. The SMILES string of the molecule is CC1(C(=O)NC(C)(C)c2ccccn2)CC(c2cncc(Br)c2)=NO1. The van der Waals surface area contributed by atoms with Crippen molar-refractivity contribution in [1.29, 1.82) is 0 Å². The number of carbonyl (C=O) groups excluding carboxylic acids is 1. The second-order valence-corrected chi connectivity index (χ2v) is 7.64. The van der Waals surface area contributed by atoms with Crippen LogP contribution in [0.3, 0.4) is 0 Å². The quantitative estimate of drug-likeness (QED) is 0.851. The molecule has 0 aliphatic carbocycles. The van der Waals surface area contributed by atoms with Gasteiger partial charge in [-0.1, -0.05) is 11.2 Å². The van der Waals surface area contributed by atoms with E-state index in [0.29, 0.717) is 12.1 Å². The maximum atomic E-state index is 12.8. The zero-order valence-electron chi connectivity index (χ0n) is 14.3. The van der Waals surface area contributed by atoms with Crippen LogP contribution in [-0.2, 0) is 15.2 Å². The lowest BCUT2D eigenvalue weighted by atomic mass is 9.93. The second kappa shape index (κ2) is 6.55. The molecule has 130 valence electrons. The smallest absolute Gasteiger partial charge is 0.267 e. The van der Waals surface area contributed by atoms with Crippen molar-refractivity contribution in [2.45, 2.75) is 38.3 Å². The molecule has 7 heteroatoms. The van der Waals surface area contributed by atoms with Crippen LogP contribution in [0.4, 0.5) is 0 Å². The van der Waals surface area contributed by atoms with Crippen molar-refractivity contribution in [3.63, 3.8) is 0 Å². The Morgan fingerprint density at radius 3 is 2.84 bits per heavy atom. The molecule has 1 atom stereocenters. The molecule has 6 nitrogen and oxygen atoms in total. The van der Waals surface area contributed by atoms with Crippen LogP contribution in [0.5, 0.6) is 0 Å². The Balaban J connectivity index is 1.73. The average Bonchev–Trinajstić information content (AvgIpc) is 2.99. The molecule has 0 spiro atoms. The van der Waals surface area contributed by atoms with E-state index in [9.17, 15) is 4.79 Å². The normalized spacial score (nSPS) is 19.9. The molecule has 0 saturated carbocycles. The number of nitrogens with zero attached hydrogens (tertiary/aromatic N) is 3. The van der Waals surface area contributed by atoms with Crippen molar-refractivity contribution in [3.8, 4) is 0 Å². The number of nitrogens with one attached hydrogen (secondary N) is 1. The predicted octanol–water partition coefficient (Wildman–Crippen LogP) is 3.17. The average molecular weight is 403 g/mol. The Bertz CT molecular complexity index is 823. The summed E-state index contributed by atoms with van der Waals surface area (Å²) in [5.74, 6) is -0.232. The van der Waals surface area contributed by atoms with Gasteiger partial charge in [0.05, 0.1) is 16.9 Å². The lowest BCUT2D eigenvalue weighted by Gasteiger charge is -2.30. The molecular formula is C18H19BrN4O2. The van der Waals surface area contributed by atoms with Crippen molar-refractivity contribution in [2.24, 2.45) is 5.16 Å². The maximum absolute atomic E-state index is 12.8. The first-order valence-corrected chi connectivity index (χ1v) is 8.70. The number of hydrogen-bond donors (Lipinski definition) is 1. The zero-order valence-corrected chi connectivity index (χ0v) is 15.9. The Morgan fingerprint density at radius 2 is 2.16 bits per heavy atom. The molecule has 3 rings (SSSR count). The van der Waals surface area contributed by atoms with Gasteiger partial charge in [-0.05, 0) is 54.9 Å². The lowest BCUT2D eigenvalue weighted by Crippen LogP contribution is -2.51. The Morgan fingerprint density at radius 1 is 1.36 bits per heavy atom. The molecule has 2 aromatic heterocycles. The van der Waals surface area contributed by atoms with Crippen LogP contribution in [0.1, 0.15) is 38.4 Å². The minimum absolute atomic E-state index is 0.232. The van der Waals surface area contributed by atoms with Crippen molar-refractivity contribution in [1.82, 2.24) is 15.3 Å². The molecule has 1 aliphatic rings. The first kappa shape index (κ1) is 17.5. The molecule has 1 aliphatic heterocycles. The van der Waals surface area contributed by atoms with Gasteiger partial charge in [0, 0.05) is 35.0 Å². The van der Waals surface area contributed by atoms with Gasteiger partial charge in [-0.15, -0.1) is 0 Å². The van der Waals surface area contributed by atoms with E-state index >= 15 is 0 Å². The summed E-state index contributed by atoms with van der Waals surface area (Å²) in [6.07, 6.45) is 5.48. The third-order valence-corrected chi connectivity index (χ3v) is 4.55. The predicted molar refractivity (Wildman–Crippen MR) is 98.0 cm³/mol. The maximum Gasteiger partial charge on any atom is 0.267 e. The summed E-state index contributed by atoms with van der Waals surface area (Å²) >= 11 is 3.39. The highest BCUT2D eigenvalue weighted by atomic mass is 79.9.